The van der Waals surface area contributed by atoms with Crippen LogP contribution in [-0.4, -0.2) is 10.2 Å². The van der Waals surface area contributed by atoms with E-state index in [9.17, 15) is 10.2 Å². The van der Waals surface area contributed by atoms with Crippen molar-refractivity contribution in [2.45, 2.75) is 48.7 Å². The Hall–Kier alpha value is -1.29. The normalized spacial score (nSPS) is 12.5. The molecule has 0 bridgehead atoms. The van der Waals surface area contributed by atoms with E-state index in [0.717, 1.165) is 20.9 Å². The smallest absolute Gasteiger partial charge is 0.0840 e. The quantitative estimate of drug-likeness (QED) is 0.885. The van der Waals surface area contributed by atoms with Gasteiger partial charge in [-0.05, 0) is 63.1 Å². The van der Waals surface area contributed by atoms with Crippen molar-refractivity contribution in [2.75, 3.05) is 0 Å². The van der Waals surface area contributed by atoms with E-state index in [1.54, 1.807) is 39.5 Å². The summed E-state index contributed by atoms with van der Waals surface area (Å²) in [7, 11) is 0. The molecule has 112 valence electrons. The van der Waals surface area contributed by atoms with E-state index in [1.807, 2.05) is 48.5 Å². The van der Waals surface area contributed by atoms with Crippen LogP contribution in [0.3, 0.4) is 0 Å². The summed E-state index contributed by atoms with van der Waals surface area (Å²) in [5.74, 6) is 0. The predicted molar refractivity (Wildman–Crippen MR) is 87.5 cm³/mol. The first kappa shape index (κ1) is 16.1. The molecule has 2 rings (SSSR count). The average molecular weight is 302 g/mol. The molecule has 0 fully saturated rings. The minimum atomic E-state index is -0.808. The van der Waals surface area contributed by atoms with E-state index in [1.165, 1.54) is 0 Å². The van der Waals surface area contributed by atoms with Gasteiger partial charge in [0.15, 0.2) is 0 Å². The van der Waals surface area contributed by atoms with E-state index in [2.05, 4.69) is 0 Å². The monoisotopic (exact) mass is 302 g/mol. The van der Waals surface area contributed by atoms with Gasteiger partial charge in [0.1, 0.15) is 0 Å². The first-order valence-electron chi connectivity index (χ1n) is 7.00. The van der Waals surface area contributed by atoms with Gasteiger partial charge >= 0.3 is 0 Å². The molecule has 0 unspecified atom stereocenters. The lowest BCUT2D eigenvalue weighted by molar-refractivity contribution is 0.0780. The van der Waals surface area contributed by atoms with Crippen LogP contribution in [-0.2, 0) is 11.2 Å². The second-order valence-corrected chi connectivity index (χ2v) is 7.42. The number of rotatable bonds is 4. The number of benzene rings is 2. The number of aliphatic hydroxyl groups is 2. The van der Waals surface area contributed by atoms with Crippen LogP contribution in [0.4, 0.5) is 0 Å². The lowest BCUT2D eigenvalue weighted by atomic mass is 9.99. The molecule has 0 aliphatic rings. The maximum atomic E-state index is 9.95. The highest BCUT2D eigenvalue weighted by Gasteiger charge is 2.16. The van der Waals surface area contributed by atoms with Crippen molar-refractivity contribution in [1.29, 1.82) is 0 Å². The Morgan fingerprint density at radius 2 is 0.905 bits per heavy atom. The third kappa shape index (κ3) is 4.34. The van der Waals surface area contributed by atoms with Gasteiger partial charge < -0.3 is 10.2 Å². The van der Waals surface area contributed by atoms with Crippen molar-refractivity contribution in [3.63, 3.8) is 0 Å². The zero-order chi connectivity index (χ0) is 15.7. The molecule has 2 nitrogen and oxygen atoms in total. The number of hydrogen-bond donors (Lipinski definition) is 2. The Kier molecular flexibility index (Phi) is 4.47. The molecule has 0 amide bonds. The van der Waals surface area contributed by atoms with Gasteiger partial charge in [0.25, 0.3) is 0 Å². The molecule has 0 aromatic heterocycles. The molecule has 2 aromatic rings. The Labute approximate surface area is 130 Å². The SMILES string of the molecule is CC(C)(O)c1ccc(Sc2ccc(C(C)(C)O)cc2)cc1. The van der Waals surface area contributed by atoms with Crippen LogP contribution in [0.25, 0.3) is 0 Å². The summed E-state index contributed by atoms with van der Waals surface area (Å²) < 4.78 is 0. The highest BCUT2D eigenvalue weighted by atomic mass is 32.2. The van der Waals surface area contributed by atoms with Gasteiger partial charge in [0.2, 0.25) is 0 Å². The molecule has 0 spiro atoms. The van der Waals surface area contributed by atoms with Gasteiger partial charge in [-0.15, -0.1) is 0 Å². The zero-order valence-corrected chi connectivity index (χ0v) is 13.7. The molecule has 0 saturated heterocycles. The van der Waals surface area contributed by atoms with Crippen LogP contribution < -0.4 is 0 Å². The summed E-state index contributed by atoms with van der Waals surface area (Å²) in [4.78, 5) is 2.25. The van der Waals surface area contributed by atoms with Gasteiger partial charge in [-0.3, -0.25) is 0 Å². The highest BCUT2D eigenvalue weighted by molar-refractivity contribution is 7.99. The van der Waals surface area contributed by atoms with Crippen molar-refractivity contribution in [2.24, 2.45) is 0 Å². The number of hydrogen-bond acceptors (Lipinski definition) is 3. The molecule has 0 atom stereocenters. The van der Waals surface area contributed by atoms with E-state index in [0.29, 0.717) is 0 Å². The fourth-order valence-corrected chi connectivity index (χ4v) is 2.81. The van der Waals surface area contributed by atoms with E-state index in [4.69, 9.17) is 0 Å². The second kappa shape index (κ2) is 5.84. The summed E-state index contributed by atoms with van der Waals surface area (Å²) in [5, 5.41) is 19.9. The van der Waals surface area contributed by atoms with Crippen LogP contribution in [0.2, 0.25) is 0 Å². The van der Waals surface area contributed by atoms with E-state index < -0.39 is 11.2 Å². The topological polar surface area (TPSA) is 40.5 Å². The van der Waals surface area contributed by atoms with Crippen molar-refractivity contribution in [1.82, 2.24) is 0 Å². The lowest BCUT2D eigenvalue weighted by Crippen LogP contribution is -2.15. The first-order valence-corrected chi connectivity index (χ1v) is 7.81. The van der Waals surface area contributed by atoms with Gasteiger partial charge in [-0.1, -0.05) is 36.0 Å². The van der Waals surface area contributed by atoms with Crippen molar-refractivity contribution in [3.8, 4) is 0 Å². The fraction of sp³-hybridized carbons (Fsp3) is 0.333. The molecule has 3 heteroatoms. The zero-order valence-electron chi connectivity index (χ0n) is 12.9. The molecular weight excluding hydrogens is 280 g/mol. The molecule has 0 heterocycles. The summed E-state index contributed by atoms with van der Waals surface area (Å²) >= 11 is 1.66. The van der Waals surface area contributed by atoms with E-state index >= 15 is 0 Å². The lowest BCUT2D eigenvalue weighted by Gasteiger charge is -2.18. The maximum Gasteiger partial charge on any atom is 0.0840 e. The highest BCUT2D eigenvalue weighted by Crippen LogP contribution is 2.31. The van der Waals surface area contributed by atoms with Gasteiger partial charge in [0.05, 0.1) is 11.2 Å². The summed E-state index contributed by atoms with van der Waals surface area (Å²) in [5.41, 5.74) is 0.197. The van der Waals surface area contributed by atoms with Crippen LogP contribution in [0, 0.1) is 0 Å². The molecule has 0 radical (unpaired) electrons. The minimum absolute atomic E-state index is 0.808. The van der Waals surface area contributed by atoms with Gasteiger partial charge in [-0.2, -0.15) is 0 Å². The van der Waals surface area contributed by atoms with Crippen molar-refractivity contribution in [3.05, 3.63) is 59.7 Å². The fourth-order valence-electron chi connectivity index (χ4n) is 2.00. The van der Waals surface area contributed by atoms with Gasteiger partial charge in [0, 0.05) is 9.79 Å². The van der Waals surface area contributed by atoms with Crippen LogP contribution in [0.1, 0.15) is 38.8 Å². The van der Waals surface area contributed by atoms with Crippen LogP contribution in [0.5, 0.6) is 0 Å². The summed E-state index contributed by atoms with van der Waals surface area (Å²) in [6.07, 6.45) is 0. The third-order valence-corrected chi connectivity index (χ3v) is 4.37. The van der Waals surface area contributed by atoms with Crippen LogP contribution >= 0.6 is 11.8 Å². The second-order valence-electron chi connectivity index (χ2n) is 6.27. The van der Waals surface area contributed by atoms with Gasteiger partial charge in [-0.25, -0.2) is 0 Å². The third-order valence-electron chi connectivity index (χ3n) is 3.36. The molecule has 2 N–H and O–H groups in total. The van der Waals surface area contributed by atoms with Crippen molar-refractivity contribution < 1.29 is 10.2 Å². The average Bonchev–Trinajstić information content (AvgIpc) is 2.38. The van der Waals surface area contributed by atoms with Crippen LogP contribution in [0.15, 0.2) is 58.3 Å². The molecule has 2 aromatic carbocycles. The standard InChI is InChI=1S/C18H22O2S/c1-17(2,19)13-5-9-15(10-6-13)21-16-11-7-14(8-12-16)18(3,4)20/h5-12,19-20H,1-4H3. The Morgan fingerprint density at radius 1 is 0.619 bits per heavy atom. The predicted octanol–water partition coefficient (Wildman–Crippen LogP) is 4.29. The first-order chi connectivity index (χ1) is 9.66. The summed E-state index contributed by atoms with van der Waals surface area (Å²) in [6.45, 7) is 7.13. The Bertz CT molecular complexity index is 532. The Balaban J connectivity index is 2.12. The molecule has 0 saturated carbocycles. The maximum absolute atomic E-state index is 9.95. The largest absolute Gasteiger partial charge is 0.386 e. The molecule has 0 aliphatic carbocycles. The molecular formula is C18H22O2S. The van der Waals surface area contributed by atoms with Crippen molar-refractivity contribution >= 4 is 11.8 Å². The minimum Gasteiger partial charge on any atom is -0.386 e. The summed E-state index contributed by atoms with van der Waals surface area (Å²) in [6, 6.07) is 15.9. The van der Waals surface area contributed by atoms with E-state index in [-0.39, 0.29) is 0 Å². The molecule has 0 aliphatic heterocycles. The molecule has 21 heavy (non-hydrogen) atoms. The Morgan fingerprint density at radius 3 is 1.14 bits per heavy atom.